The predicted molar refractivity (Wildman–Crippen MR) is 384 cm³/mol. The van der Waals surface area contributed by atoms with Crippen molar-refractivity contribution < 1.29 is 9.15 Å². The van der Waals surface area contributed by atoms with Crippen LogP contribution in [0, 0.1) is 0 Å². The Hall–Kier alpha value is -10.9. The lowest BCUT2D eigenvalue weighted by Gasteiger charge is -2.42. The van der Waals surface area contributed by atoms with Gasteiger partial charge in [0.25, 0.3) is 6.71 Å². The molecule has 0 atom stereocenters. The zero-order chi connectivity index (χ0) is 61.3. The highest BCUT2D eigenvalue weighted by Crippen LogP contribution is 2.55. The molecule has 0 saturated heterocycles. The Morgan fingerprint density at radius 2 is 0.879 bits per heavy atom. The lowest BCUT2D eigenvalue weighted by Crippen LogP contribution is -2.59. The maximum absolute atomic E-state index is 7.56. The van der Waals surface area contributed by atoms with Gasteiger partial charge in [-0.3, -0.25) is 0 Å². The van der Waals surface area contributed by atoms with E-state index >= 15 is 0 Å². The number of furan rings is 1. The van der Waals surface area contributed by atoms with Crippen molar-refractivity contribution >= 4 is 83.9 Å². The summed E-state index contributed by atoms with van der Waals surface area (Å²) in [4.78, 5) is 2.63. The molecule has 91 heavy (non-hydrogen) atoms. The van der Waals surface area contributed by atoms with Gasteiger partial charge in [0.2, 0.25) is 0 Å². The second-order valence-corrected chi connectivity index (χ2v) is 26.8. The van der Waals surface area contributed by atoms with Gasteiger partial charge in [-0.05, 0) is 185 Å². The molecule has 0 aliphatic carbocycles. The molecule has 0 bridgehead atoms. The van der Waals surface area contributed by atoms with Crippen molar-refractivity contribution in [2.75, 3.05) is 4.90 Å². The van der Waals surface area contributed by atoms with Crippen molar-refractivity contribution in [3.05, 3.63) is 296 Å². The van der Waals surface area contributed by atoms with Gasteiger partial charge in [0.15, 0.2) is 0 Å². The summed E-state index contributed by atoms with van der Waals surface area (Å²) in [5.74, 6) is 1.70. The maximum Gasteiger partial charge on any atom is 0.256 e. The van der Waals surface area contributed by atoms with Gasteiger partial charge in [0.05, 0.1) is 16.7 Å². The van der Waals surface area contributed by atoms with Gasteiger partial charge in [-0.1, -0.05) is 236 Å². The highest BCUT2D eigenvalue weighted by molar-refractivity contribution is 6.99. The molecule has 4 nitrogen and oxygen atoms in total. The Labute approximate surface area is 532 Å². The van der Waals surface area contributed by atoms with Crippen LogP contribution >= 0.6 is 0 Å². The lowest BCUT2D eigenvalue weighted by atomic mass is 9.34. The van der Waals surface area contributed by atoms with Gasteiger partial charge >= 0.3 is 0 Å². The first-order valence-corrected chi connectivity index (χ1v) is 31.8. The van der Waals surface area contributed by atoms with E-state index in [2.05, 4.69) is 336 Å². The SMILES string of the molecule is CC(C)(C)c1cccc(-c2cc3c4c(c2)N(c2c(-c5cccc6oc7ccccc7c56)cc(C(C)(C)C)cc2-c2cccc5c2c2ccccc2n5-c2ccccc2)c2ccccc2B4c2cc(-c4cc(-c5ccccc5)cc(-c5ccccc5)c4)ccc2O3)c1. The van der Waals surface area contributed by atoms with E-state index < -0.39 is 0 Å². The first-order valence-electron chi connectivity index (χ1n) is 31.8. The van der Waals surface area contributed by atoms with Gasteiger partial charge in [-0.2, -0.15) is 0 Å². The topological polar surface area (TPSA) is 30.5 Å². The highest BCUT2D eigenvalue weighted by atomic mass is 16.5. The number of hydrogen-bond donors (Lipinski definition) is 0. The molecule has 4 heterocycles. The Morgan fingerprint density at radius 3 is 1.59 bits per heavy atom. The third kappa shape index (κ3) is 8.97. The van der Waals surface area contributed by atoms with E-state index in [0.29, 0.717) is 0 Å². The average molecular weight is 1170 g/mol. The zero-order valence-electron chi connectivity index (χ0n) is 51.9. The van der Waals surface area contributed by atoms with Crippen LogP contribution in [0.4, 0.5) is 17.1 Å². The molecular formula is C86H65BN2O2. The number of nitrogens with zero attached hydrogens (tertiary/aromatic N) is 2. The molecule has 2 aliphatic heterocycles. The molecule has 2 aliphatic rings. The quantitative estimate of drug-likeness (QED) is 0.142. The summed E-state index contributed by atoms with van der Waals surface area (Å²) in [6.45, 7) is 13.7. The van der Waals surface area contributed by atoms with Crippen LogP contribution < -0.4 is 26.0 Å². The van der Waals surface area contributed by atoms with Crippen molar-refractivity contribution in [2.45, 2.75) is 52.4 Å². The van der Waals surface area contributed by atoms with Gasteiger partial charge in [-0.25, -0.2) is 0 Å². The van der Waals surface area contributed by atoms with E-state index in [4.69, 9.17) is 9.15 Å². The monoisotopic (exact) mass is 1170 g/mol. The maximum atomic E-state index is 7.56. The molecule has 0 N–H and O–H groups in total. The van der Waals surface area contributed by atoms with Gasteiger partial charge in [0, 0.05) is 49.7 Å². The first kappa shape index (κ1) is 54.3. The molecule has 0 saturated carbocycles. The van der Waals surface area contributed by atoms with Crippen molar-refractivity contribution in [1.29, 1.82) is 0 Å². The predicted octanol–water partition coefficient (Wildman–Crippen LogP) is 21.7. The minimum absolute atomic E-state index is 0.0777. The molecule has 13 aromatic carbocycles. The van der Waals surface area contributed by atoms with E-state index in [9.17, 15) is 0 Å². The molecule has 5 heteroatoms. The van der Waals surface area contributed by atoms with Crippen LogP contribution in [0.15, 0.2) is 290 Å². The fourth-order valence-corrected chi connectivity index (χ4v) is 14.7. The molecule has 0 unspecified atom stereocenters. The van der Waals surface area contributed by atoms with Crippen LogP contribution in [0.25, 0.3) is 116 Å². The molecule has 2 aromatic heterocycles. The van der Waals surface area contributed by atoms with E-state index in [1.54, 1.807) is 0 Å². The number of rotatable bonds is 8. The van der Waals surface area contributed by atoms with Crippen molar-refractivity contribution in [2.24, 2.45) is 0 Å². The van der Waals surface area contributed by atoms with Crippen molar-refractivity contribution in [3.63, 3.8) is 0 Å². The Balaban J connectivity index is 0.988. The smallest absolute Gasteiger partial charge is 0.256 e. The number of ether oxygens (including phenoxy) is 1. The summed E-state index contributed by atoms with van der Waals surface area (Å²) in [6, 6.07) is 105. The van der Waals surface area contributed by atoms with Crippen LogP contribution in [0.2, 0.25) is 0 Å². The third-order valence-electron chi connectivity index (χ3n) is 19.1. The number of fused-ring (bicyclic) bond motifs is 10. The molecule has 0 spiro atoms. The molecule has 0 radical (unpaired) electrons. The average Bonchev–Trinajstić information content (AvgIpc) is 1.29. The minimum Gasteiger partial charge on any atom is -0.458 e. The molecule has 0 fully saturated rings. The minimum atomic E-state index is -0.264. The molecule has 434 valence electrons. The fraction of sp³-hybridized carbons (Fsp3) is 0.0930. The first-order chi connectivity index (χ1) is 44.4. The Kier molecular flexibility index (Phi) is 12.5. The number of aromatic nitrogens is 1. The highest BCUT2D eigenvalue weighted by Gasteiger charge is 2.44. The van der Waals surface area contributed by atoms with Gasteiger partial charge in [0.1, 0.15) is 22.7 Å². The van der Waals surface area contributed by atoms with E-state index in [1.165, 1.54) is 49.6 Å². The third-order valence-corrected chi connectivity index (χ3v) is 19.1. The van der Waals surface area contributed by atoms with Crippen LogP contribution in [0.5, 0.6) is 11.5 Å². The van der Waals surface area contributed by atoms with Crippen LogP contribution in [0.3, 0.4) is 0 Å². The summed E-state index contributed by atoms with van der Waals surface area (Å²) in [6.07, 6.45) is 0. The summed E-state index contributed by atoms with van der Waals surface area (Å²) in [5.41, 5.74) is 27.7. The number of para-hydroxylation sites is 4. The van der Waals surface area contributed by atoms with E-state index in [-0.39, 0.29) is 17.5 Å². The van der Waals surface area contributed by atoms with Crippen molar-refractivity contribution in [3.8, 4) is 83.9 Å². The van der Waals surface area contributed by atoms with Crippen LogP contribution in [0.1, 0.15) is 52.7 Å². The normalized spacial score (nSPS) is 12.8. The summed E-state index contributed by atoms with van der Waals surface area (Å²) in [5, 5.41) is 4.56. The Morgan fingerprint density at radius 1 is 0.330 bits per heavy atom. The van der Waals surface area contributed by atoms with Crippen molar-refractivity contribution in [1.82, 2.24) is 4.57 Å². The van der Waals surface area contributed by atoms with Crippen LogP contribution in [-0.2, 0) is 10.8 Å². The number of benzene rings is 13. The van der Waals surface area contributed by atoms with Gasteiger partial charge < -0.3 is 18.6 Å². The van der Waals surface area contributed by atoms with E-state index in [1.807, 2.05) is 0 Å². The summed E-state index contributed by atoms with van der Waals surface area (Å²) in [7, 11) is 0. The standard InChI is InChI=1S/C86H65BN2O2/c1-85(2,3)62-30-22-29-56(48-62)61-50-76-83-80(51-61)91-78-44-43-57(60-46-58(54-25-10-7-11-26-54)45-59(47-60)55-27-12-8-13-28-55)49-72(78)87(83)71-37-18-20-39-74(71)89(76)84-69(65-35-23-40-75-81(65)67-33-16-19-38-73(67)88(75)64-31-14-9-15-32-64)52-63(86(4,5)6)53-70(84)66-36-24-42-79-82(66)68-34-17-21-41-77(68)90-79/h7-53H,1-6H3. The second kappa shape index (κ2) is 20.9. The zero-order valence-corrected chi connectivity index (χ0v) is 51.9. The summed E-state index contributed by atoms with van der Waals surface area (Å²) < 4.78 is 16.8. The number of anilines is 3. The second-order valence-electron chi connectivity index (χ2n) is 26.8. The molecular weight excluding hydrogens is 1100 g/mol. The fourth-order valence-electron chi connectivity index (χ4n) is 14.7. The largest absolute Gasteiger partial charge is 0.458 e. The lowest BCUT2D eigenvalue weighted by molar-refractivity contribution is 0.488. The Bertz CT molecular complexity index is 5350. The summed E-state index contributed by atoms with van der Waals surface area (Å²) >= 11 is 0. The molecule has 17 rings (SSSR count). The van der Waals surface area contributed by atoms with Crippen LogP contribution in [-0.4, -0.2) is 11.3 Å². The number of hydrogen-bond acceptors (Lipinski definition) is 3. The molecule has 15 aromatic rings. The van der Waals surface area contributed by atoms with E-state index in [0.717, 1.165) is 123 Å². The molecule has 0 amide bonds. The van der Waals surface area contributed by atoms with Gasteiger partial charge in [-0.15, -0.1) is 0 Å².